The number of hydrogen-bond acceptors (Lipinski definition) is 1. The van der Waals surface area contributed by atoms with E-state index in [1.54, 1.807) is 6.07 Å². The van der Waals surface area contributed by atoms with Gasteiger partial charge in [-0.2, -0.15) is 0 Å². The lowest BCUT2D eigenvalue weighted by Crippen LogP contribution is -2.14. The molecule has 0 spiro atoms. The average Bonchev–Trinajstić information content (AvgIpc) is 2.26. The summed E-state index contributed by atoms with van der Waals surface area (Å²) in [5.41, 5.74) is 5.94. The van der Waals surface area contributed by atoms with E-state index in [4.69, 9.17) is 17.3 Å². The zero-order chi connectivity index (χ0) is 14.0. The fourth-order valence-electron chi connectivity index (χ4n) is 1.93. The summed E-state index contributed by atoms with van der Waals surface area (Å²) in [6, 6.07) is 8.00. The maximum Gasteiger partial charge on any atom is 0.221 e. The van der Waals surface area contributed by atoms with Gasteiger partial charge in [-0.25, -0.2) is 8.78 Å². The highest BCUT2D eigenvalue weighted by molar-refractivity contribution is 6.30. The Labute approximate surface area is 113 Å². The van der Waals surface area contributed by atoms with E-state index in [1.807, 2.05) is 0 Å². The van der Waals surface area contributed by atoms with E-state index in [1.165, 1.54) is 18.2 Å². The van der Waals surface area contributed by atoms with Crippen molar-refractivity contribution < 1.29 is 13.6 Å². The molecule has 0 radical (unpaired) electrons. The van der Waals surface area contributed by atoms with Crippen LogP contribution in [0, 0.1) is 11.6 Å². The number of nitrogens with two attached hydrogens (primary N) is 1. The number of primary amides is 1. The summed E-state index contributed by atoms with van der Waals surface area (Å²) < 4.78 is 27.3. The van der Waals surface area contributed by atoms with Crippen LogP contribution >= 0.6 is 11.6 Å². The van der Waals surface area contributed by atoms with Crippen LogP contribution in [-0.2, 0) is 11.2 Å². The second-order valence-corrected chi connectivity index (χ2v) is 4.51. The number of halogens is 3. The second-order valence-electron chi connectivity index (χ2n) is 4.08. The molecule has 0 saturated carbocycles. The first-order valence-electron chi connectivity index (χ1n) is 5.49. The van der Waals surface area contributed by atoms with Gasteiger partial charge in [0, 0.05) is 10.6 Å². The number of carbonyl (C=O) groups is 1. The Morgan fingerprint density at radius 2 is 1.95 bits per heavy atom. The Kier molecular flexibility index (Phi) is 3.81. The standard InChI is InChI=1S/C14H10ClF2NO/c15-10-4-9(5-11(16)7-10)14-8(6-13(18)19)2-1-3-12(14)17/h1-5,7H,6H2,(H2,18,19). The van der Waals surface area contributed by atoms with E-state index in [9.17, 15) is 13.6 Å². The molecule has 2 aromatic carbocycles. The van der Waals surface area contributed by atoms with Crippen LogP contribution in [0.3, 0.4) is 0 Å². The molecule has 0 heterocycles. The molecule has 0 aliphatic rings. The van der Waals surface area contributed by atoms with Gasteiger partial charge in [-0.1, -0.05) is 23.7 Å². The van der Waals surface area contributed by atoms with Crippen molar-refractivity contribution in [2.24, 2.45) is 5.73 Å². The summed E-state index contributed by atoms with van der Waals surface area (Å²) in [7, 11) is 0. The number of benzene rings is 2. The molecule has 5 heteroatoms. The van der Waals surface area contributed by atoms with Crippen molar-refractivity contribution in [1.29, 1.82) is 0 Å². The molecule has 0 unspecified atom stereocenters. The van der Waals surface area contributed by atoms with Crippen LogP contribution < -0.4 is 5.73 Å². The molecule has 2 aromatic rings. The molecular formula is C14H10ClF2NO. The summed E-state index contributed by atoms with van der Waals surface area (Å²) in [6.07, 6.45) is -0.124. The third kappa shape index (κ3) is 3.09. The highest BCUT2D eigenvalue weighted by Gasteiger charge is 2.14. The van der Waals surface area contributed by atoms with Crippen molar-refractivity contribution >= 4 is 17.5 Å². The highest BCUT2D eigenvalue weighted by Crippen LogP contribution is 2.30. The molecule has 2 nitrogen and oxygen atoms in total. The van der Waals surface area contributed by atoms with Crippen LogP contribution in [0.4, 0.5) is 8.78 Å². The molecule has 0 aliphatic heterocycles. The summed E-state index contributed by atoms with van der Waals surface area (Å²) in [5, 5.41) is 0.156. The molecule has 0 fully saturated rings. The van der Waals surface area contributed by atoms with Gasteiger partial charge in [0.2, 0.25) is 5.91 Å². The predicted molar refractivity (Wildman–Crippen MR) is 69.7 cm³/mol. The Morgan fingerprint density at radius 3 is 2.58 bits per heavy atom. The zero-order valence-corrected chi connectivity index (χ0v) is 10.5. The van der Waals surface area contributed by atoms with Gasteiger partial charge in [0.05, 0.1) is 6.42 Å². The molecule has 19 heavy (non-hydrogen) atoms. The van der Waals surface area contributed by atoms with Crippen molar-refractivity contribution in [2.45, 2.75) is 6.42 Å². The van der Waals surface area contributed by atoms with Crippen molar-refractivity contribution in [3.8, 4) is 11.1 Å². The monoisotopic (exact) mass is 281 g/mol. The van der Waals surface area contributed by atoms with Gasteiger partial charge in [-0.15, -0.1) is 0 Å². The minimum Gasteiger partial charge on any atom is -0.369 e. The molecule has 0 saturated heterocycles. The summed E-state index contributed by atoms with van der Waals surface area (Å²) >= 11 is 5.76. The largest absolute Gasteiger partial charge is 0.369 e. The fourth-order valence-corrected chi connectivity index (χ4v) is 2.15. The summed E-state index contributed by atoms with van der Waals surface area (Å²) in [6.45, 7) is 0. The smallest absolute Gasteiger partial charge is 0.221 e. The lowest BCUT2D eigenvalue weighted by molar-refractivity contribution is -0.117. The fraction of sp³-hybridized carbons (Fsp3) is 0.0714. The zero-order valence-electron chi connectivity index (χ0n) is 9.79. The van der Waals surface area contributed by atoms with E-state index in [0.717, 1.165) is 12.1 Å². The molecule has 2 N–H and O–H groups in total. The Balaban J connectivity index is 2.62. The number of hydrogen-bond donors (Lipinski definition) is 1. The van der Waals surface area contributed by atoms with Crippen LogP contribution in [-0.4, -0.2) is 5.91 Å². The maximum absolute atomic E-state index is 13.9. The first-order valence-corrected chi connectivity index (χ1v) is 5.87. The van der Waals surface area contributed by atoms with Crippen LogP contribution in [0.15, 0.2) is 36.4 Å². The third-order valence-corrected chi connectivity index (χ3v) is 2.83. The van der Waals surface area contributed by atoms with Gasteiger partial charge in [-0.05, 0) is 35.4 Å². The number of rotatable bonds is 3. The van der Waals surface area contributed by atoms with Crippen LogP contribution in [0.25, 0.3) is 11.1 Å². The Bertz CT molecular complexity index is 623. The molecule has 98 valence electrons. The van der Waals surface area contributed by atoms with E-state index in [-0.39, 0.29) is 22.6 Å². The molecular weight excluding hydrogens is 272 g/mol. The van der Waals surface area contributed by atoms with Gasteiger partial charge in [0.15, 0.2) is 0 Å². The van der Waals surface area contributed by atoms with Crippen LogP contribution in [0.5, 0.6) is 0 Å². The van der Waals surface area contributed by atoms with Gasteiger partial charge >= 0.3 is 0 Å². The molecule has 2 rings (SSSR count). The number of amides is 1. The summed E-state index contributed by atoms with van der Waals surface area (Å²) in [4.78, 5) is 11.0. The number of carbonyl (C=O) groups excluding carboxylic acids is 1. The van der Waals surface area contributed by atoms with Gasteiger partial charge in [-0.3, -0.25) is 4.79 Å². The van der Waals surface area contributed by atoms with Crippen LogP contribution in [0.2, 0.25) is 5.02 Å². The van der Waals surface area contributed by atoms with Gasteiger partial charge in [0.25, 0.3) is 0 Å². The van der Waals surface area contributed by atoms with Gasteiger partial charge in [0.1, 0.15) is 11.6 Å². The third-order valence-electron chi connectivity index (χ3n) is 2.62. The maximum atomic E-state index is 13.9. The van der Waals surface area contributed by atoms with Gasteiger partial charge < -0.3 is 5.73 Å². The SMILES string of the molecule is NC(=O)Cc1cccc(F)c1-c1cc(F)cc(Cl)c1. The minimum absolute atomic E-state index is 0.124. The Morgan fingerprint density at radius 1 is 1.21 bits per heavy atom. The summed E-state index contributed by atoms with van der Waals surface area (Å²) in [5.74, 6) is -1.72. The molecule has 1 amide bonds. The molecule has 0 bridgehead atoms. The van der Waals surface area contributed by atoms with E-state index in [0.29, 0.717) is 5.56 Å². The van der Waals surface area contributed by atoms with Crippen molar-refractivity contribution in [3.05, 3.63) is 58.6 Å². The molecule has 0 aliphatic carbocycles. The predicted octanol–water partition coefficient (Wildman–Crippen LogP) is 3.31. The highest BCUT2D eigenvalue weighted by atomic mass is 35.5. The normalized spacial score (nSPS) is 10.5. The first-order chi connectivity index (χ1) is 8.97. The molecule has 0 aromatic heterocycles. The van der Waals surface area contributed by atoms with Crippen LogP contribution in [0.1, 0.15) is 5.56 Å². The Hall–Kier alpha value is -1.94. The topological polar surface area (TPSA) is 43.1 Å². The van der Waals surface area contributed by atoms with E-state index in [2.05, 4.69) is 0 Å². The average molecular weight is 282 g/mol. The lowest BCUT2D eigenvalue weighted by atomic mass is 9.97. The van der Waals surface area contributed by atoms with Crippen molar-refractivity contribution in [3.63, 3.8) is 0 Å². The molecule has 0 atom stereocenters. The van der Waals surface area contributed by atoms with E-state index >= 15 is 0 Å². The second kappa shape index (κ2) is 5.36. The van der Waals surface area contributed by atoms with Crippen molar-refractivity contribution in [1.82, 2.24) is 0 Å². The lowest BCUT2D eigenvalue weighted by Gasteiger charge is -2.10. The first kappa shape index (κ1) is 13.5. The van der Waals surface area contributed by atoms with E-state index < -0.39 is 17.5 Å². The minimum atomic E-state index is -0.589. The van der Waals surface area contributed by atoms with Crippen molar-refractivity contribution in [2.75, 3.05) is 0 Å². The quantitative estimate of drug-likeness (QED) is 0.921.